The zero-order valence-corrected chi connectivity index (χ0v) is 12.7. The average Bonchev–Trinajstić information content (AvgIpc) is 2.42. The number of benzene rings is 1. The molecular formula is C13H18N2O5S. The summed E-state index contributed by atoms with van der Waals surface area (Å²) in [7, 11) is -3.66. The van der Waals surface area contributed by atoms with Gasteiger partial charge in [0, 0.05) is 26.1 Å². The van der Waals surface area contributed by atoms with Gasteiger partial charge in [-0.3, -0.25) is 4.79 Å². The molecule has 0 fully saturated rings. The van der Waals surface area contributed by atoms with Crippen molar-refractivity contribution in [2.24, 2.45) is 0 Å². The molecule has 2 rings (SSSR count). The maximum atomic E-state index is 12.3. The predicted octanol–water partition coefficient (Wildman–Crippen LogP) is 0.181. The minimum atomic E-state index is -3.66. The van der Waals surface area contributed by atoms with Crippen LogP contribution < -0.4 is 19.5 Å². The van der Waals surface area contributed by atoms with Gasteiger partial charge in [-0.2, -0.15) is 0 Å². The number of hydrogen-bond donors (Lipinski definition) is 2. The van der Waals surface area contributed by atoms with E-state index in [-0.39, 0.29) is 23.9 Å². The van der Waals surface area contributed by atoms with E-state index in [0.29, 0.717) is 30.3 Å². The lowest BCUT2D eigenvalue weighted by Gasteiger charge is -2.20. The molecule has 0 aliphatic carbocycles. The summed E-state index contributed by atoms with van der Waals surface area (Å²) >= 11 is 0. The van der Waals surface area contributed by atoms with Gasteiger partial charge >= 0.3 is 0 Å². The summed E-state index contributed by atoms with van der Waals surface area (Å²) in [5.74, 6) is 0.773. The van der Waals surface area contributed by atoms with E-state index >= 15 is 0 Å². The summed E-state index contributed by atoms with van der Waals surface area (Å²) in [6.07, 6.45) is 0. The number of sulfonamides is 1. The summed E-state index contributed by atoms with van der Waals surface area (Å²) in [6, 6.07) is 3.11. The van der Waals surface area contributed by atoms with Crippen LogP contribution in [0, 0.1) is 6.92 Å². The van der Waals surface area contributed by atoms with Gasteiger partial charge < -0.3 is 14.8 Å². The van der Waals surface area contributed by atoms with Crippen LogP contribution in [0.1, 0.15) is 12.5 Å². The Morgan fingerprint density at radius 2 is 1.81 bits per heavy atom. The van der Waals surface area contributed by atoms with E-state index in [0.717, 1.165) is 0 Å². The standard InChI is InChI=1S/C13H18N2O5S/c1-9-7-11-12(20-6-5-19-11)8-13(9)21(17,18)15-4-3-14-10(2)16/h7-8,15H,3-6H2,1-2H3,(H,14,16). The first-order valence-corrected chi connectivity index (χ1v) is 8.03. The van der Waals surface area contributed by atoms with Crippen molar-refractivity contribution < 1.29 is 22.7 Å². The highest BCUT2D eigenvalue weighted by atomic mass is 32.2. The van der Waals surface area contributed by atoms with Crippen molar-refractivity contribution in [3.05, 3.63) is 17.7 Å². The molecule has 0 radical (unpaired) electrons. The van der Waals surface area contributed by atoms with Crippen LogP contribution in [-0.4, -0.2) is 40.6 Å². The van der Waals surface area contributed by atoms with E-state index in [1.807, 2.05) is 0 Å². The number of fused-ring (bicyclic) bond motifs is 1. The van der Waals surface area contributed by atoms with Gasteiger partial charge in [0.15, 0.2) is 11.5 Å². The highest BCUT2D eigenvalue weighted by Gasteiger charge is 2.21. The SMILES string of the molecule is CC(=O)NCCNS(=O)(=O)c1cc2c(cc1C)OCCO2. The molecule has 0 saturated heterocycles. The second-order valence-corrected chi connectivity index (χ2v) is 6.38. The summed E-state index contributed by atoms with van der Waals surface area (Å²) in [6.45, 7) is 4.27. The molecule has 2 N–H and O–H groups in total. The highest BCUT2D eigenvalue weighted by molar-refractivity contribution is 7.89. The fraction of sp³-hybridized carbons (Fsp3) is 0.462. The second kappa shape index (κ2) is 6.31. The monoisotopic (exact) mass is 314 g/mol. The lowest BCUT2D eigenvalue weighted by molar-refractivity contribution is -0.118. The zero-order chi connectivity index (χ0) is 15.5. The Labute approximate surface area is 123 Å². The maximum Gasteiger partial charge on any atom is 0.241 e. The third-order valence-electron chi connectivity index (χ3n) is 2.92. The van der Waals surface area contributed by atoms with Crippen molar-refractivity contribution in [2.45, 2.75) is 18.7 Å². The predicted molar refractivity (Wildman–Crippen MR) is 76.0 cm³/mol. The molecule has 1 aromatic rings. The normalized spacial score (nSPS) is 13.8. The van der Waals surface area contributed by atoms with Crippen molar-refractivity contribution in [3.63, 3.8) is 0 Å². The number of ether oxygens (including phenoxy) is 2. The van der Waals surface area contributed by atoms with Gasteiger partial charge in [-0.15, -0.1) is 0 Å². The van der Waals surface area contributed by atoms with E-state index in [1.165, 1.54) is 13.0 Å². The van der Waals surface area contributed by atoms with E-state index in [1.54, 1.807) is 13.0 Å². The third kappa shape index (κ3) is 3.85. The molecule has 1 heterocycles. The van der Waals surface area contributed by atoms with E-state index in [4.69, 9.17) is 9.47 Å². The number of nitrogens with one attached hydrogen (secondary N) is 2. The number of hydrogen-bond acceptors (Lipinski definition) is 5. The molecule has 116 valence electrons. The minimum absolute atomic E-state index is 0.121. The minimum Gasteiger partial charge on any atom is -0.486 e. The van der Waals surface area contributed by atoms with Crippen LogP contribution in [0.4, 0.5) is 0 Å². The summed E-state index contributed by atoms with van der Waals surface area (Å²) in [5.41, 5.74) is 0.575. The number of rotatable bonds is 5. The molecule has 0 aromatic heterocycles. The molecule has 0 spiro atoms. The molecule has 1 aliphatic rings. The zero-order valence-electron chi connectivity index (χ0n) is 11.9. The van der Waals surface area contributed by atoms with Gasteiger partial charge in [0.25, 0.3) is 0 Å². The van der Waals surface area contributed by atoms with Gasteiger partial charge in [0.1, 0.15) is 13.2 Å². The van der Waals surface area contributed by atoms with Gasteiger partial charge in [-0.1, -0.05) is 0 Å². The molecule has 0 atom stereocenters. The van der Waals surface area contributed by atoms with E-state index in [9.17, 15) is 13.2 Å². The summed E-state index contributed by atoms with van der Waals surface area (Å²) in [5, 5.41) is 2.52. The molecular weight excluding hydrogens is 296 g/mol. The number of carbonyl (C=O) groups is 1. The Morgan fingerprint density at radius 1 is 1.19 bits per heavy atom. The van der Waals surface area contributed by atoms with Crippen molar-refractivity contribution in [1.82, 2.24) is 10.0 Å². The number of amides is 1. The number of aryl methyl sites for hydroxylation is 1. The summed E-state index contributed by atoms with van der Waals surface area (Å²) in [4.78, 5) is 10.9. The molecule has 0 bridgehead atoms. The molecule has 21 heavy (non-hydrogen) atoms. The Kier molecular flexibility index (Phi) is 4.69. The smallest absolute Gasteiger partial charge is 0.241 e. The third-order valence-corrected chi connectivity index (χ3v) is 4.52. The van der Waals surface area contributed by atoms with Crippen LogP contribution in [-0.2, 0) is 14.8 Å². The fourth-order valence-electron chi connectivity index (χ4n) is 1.96. The van der Waals surface area contributed by atoms with Gasteiger partial charge in [-0.25, -0.2) is 13.1 Å². The second-order valence-electron chi connectivity index (χ2n) is 4.64. The maximum absolute atomic E-state index is 12.3. The lowest BCUT2D eigenvalue weighted by atomic mass is 10.2. The van der Waals surface area contributed by atoms with Crippen LogP contribution in [0.2, 0.25) is 0 Å². The van der Waals surface area contributed by atoms with Crippen LogP contribution in [0.15, 0.2) is 17.0 Å². The van der Waals surface area contributed by atoms with E-state index < -0.39 is 10.0 Å². The Hall–Kier alpha value is -1.80. The van der Waals surface area contributed by atoms with Crippen molar-refractivity contribution in [1.29, 1.82) is 0 Å². The Morgan fingerprint density at radius 3 is 2.43 bits per heavy atom. The number of carbonyl (C=O) groups excluding carboxylic acids is 1. The molecule has 0 saturated carbocycles. The first-order valence-electron chi connectivity index (χ1n) is 6.54. The quantitative estimate of drug-likeness (QED) is 0.756. The van der Waals surface area contributed by atoms with Gasteiger partial charge in [-0.05, 0) is 18.6 Å². The van der Waals surface area contributed by atoms with Crippen LogP contribution in [0.3, 0.4) is 0 Å². The first kappa shape index (κ1) is 15.6. The van der Waals surface area contributed by atoms with Gasteiger partial charge in [0.2, 0.25) is 15.9 Å². The molecule has 1 aliphatic heterocycles. The van der Waals surface area contributed by atoms with Crippen LogP contribution >= 0.6 is 0 Å². The van der Waals surface area contributed by atoms with Crippen LogP contribution in [0.5, 0.6) is 11.5 Å². The molecule has 7 nitrogen and oxygen atoms in total. The lowest BCUT2D eigenvalue weighted by Crippen LogP contribution is -2.34. The van der Waals surface area contributed by atoms with Crippen molar-refractivity contribution >= 4 is 15.9 Å². The van der Waals surface area contributed by atoms with Crippen molar-refractivity contribution in [2.75, 3.05) is 26.3 Å². The molecule has 0 unspecified atom stereocenters. The topological polar surface area (TPSA) is 93.7 Å². The molecule has 1 aromatic carbocycles. The fourth-order valence-corrected chi connectivity index (χ4v) is 3.23. The van der Waals surface area contributed by atoms with Crippen molar-refractivity contribution in [3.8, 4) is 11.5 Å². The molecule has 1 amide bonds. The largest absolute Gasteiger partial charge is 0.486 e. The van der Waals surface area contributed by atoms with Crippen LogP contribution in [0.25, 0.3) is 0 Å². The highest BCUT2D eigenvalue weighted by Crippen LogP contribution is 2.34. The van der Waals surface area contributed by atoms with Gasteiger partial charge in [0.05, 0.1) is 4.90 Å². The molecule has 8 heteroatoms. The first-order chi connectivity index (χ1) is 9.90. The Bertz CT molecular complexity index is 642. The Balaban J connectivity index is 2.14. The average molecular weight is 314 g/mol. The summed E-state index contributed by atoms with van der Waals surface area (Å²) < 4.78 is 37.8. The van der Waals surface area contributed by atoms with E-state index in [2.05, 4.69) is 10.0 Å².